The Balaban J connectivity index is 1.06. The van der Waals surface area contributed by atoms with Gasteiger partial charge in [-0.15, -0.1) is 45.3 Å². The van der Waals surface area contributed by atoms with Gasteiger partial charge in [0, 0.05) is 47.2 Å². The molecule has 0 aliphatic carbocycles. The molecule has 6 aromatic heterocycles. The average molecular weight is 649 g/mol. The molecule has 0 radical (unpaired) electrons. The third-order valence-electron chi connectivity index (χ3n) is 7.12. The zero-order valence-corrected chi connectivity index (χ0v) is 26.4. The molecule has 8 aromatic rings. The molecule has 0 N–H and O–H groups in total. The van der Waals surface area contributed by atoms with Crippen LogP contribution in [0.4, 0.5) is 0 Å². The monoisotopic (exact) mass is 648 g/mol. The van der Waals surface area contributed by atoms with Gasteiger partial charge in [-0.2, -0.15) is 0 Å². The fourth-order valence-electron chi connectivity index (χ4n) is 4.95. The second-order valence-corrected chi connectivity index (χ2v) is 16.1. The molecule has 0 saturated carbocycles. The van der Waals surface area contributed by atoms with Gasteiger partial charge in [0.05, 0.1) is 20.0 Å². The zero-order valence-electron chi connectivity index (χ0n) is 22.3. The SMILES string of the molecule is O=S(=O)(c1ccccc1)c1cc2cc(-c3ccc(-c4ccc(-c5cc6cc(-c7ccccc7)ncc6s5)s4)s3)sc2cn1. The van der Waals surface area contributed by atoms with Crippen LogP contribution < -0.4 is 0 Å². The number of aromatic nitrogens is 2. The Bertz CT molecular complexity index is 2370. The minimum atomic E-state index is -3.67. The van der Waals surface area contributed by atoms with Gasteiger partial charge in [-0.25, -0.2) is 13.4 Å². The Morgan fingerprint density at radius 1 is 0.488 bits per heavy atom. The minimum absolute atomic E-state index is 0.0712. The molecule has 208 valence electrons. The molecule has 0 saturated heterocycles. The van der Waals surface area contributed by atoms with Crippen LogP contribution in [0, 0.1) is 0 Å². The fourth-order valence-corrected chi connectivity index (χ4v) is 10.5. The summed E-state index contributed by atoms with van der Waals surface area (Å²) in [6.45, 7) is 0. The predicted octanol–water partition coefficient (Wildman–Crippen LogP) is 10.5. The van der Waals surface area contributed by atoms with Gasteiger partial charge in [0.2, 0.25) is 9.84 Å². The van der Waals surface area contributed by atoms with E-state index in [2.05, 4.69) is 59.6 Å². The van der Waals surface area contributed by atoms with Crippen LogP contribution in [-0.4, -0.2) is 18.4 Å². The average Bonchev–Trinajstić information content (AvgIpc) is 3.86. The summed E-state index contributed by atoms with van der Waals surface area (Å²) in [5, 5.41) is 2.16. The van der Waals surface area contributed by atoms with Crippen molar-refractivity contribution in [3.05, 3.63) is 122 Å². The summed E-state index contributed by atoms with van der Waals surface area (Å²) in [6, 6.07) is 35.6. The molecule has 8 rings (SSSR count). The Morgan fingerprint density at radius 2 is 1.00 bits per heavy atom. The van der Waals surface area contributed by atoms with Crippen molar-refractivity contribution in [2.24, 2.45) is 0 Å². The normalized spacial score (nSPS) is 11.9. The summed E-state index contributed by atoms with van der Waals surface area (Å²) in [6.07, 6.45) is 3.65. The number of sulfone groups is 1. The van der Waals surface area contributed by atoms with E-state index in [-0.39, 0.29) is 9.92 Å². The van der Waals surface area contributed by atoms with Gasteiger partial charge in [0.1, 0.15) is 0 Å². The van der Waals surface area contributed by atoms with Crippen LogP contribution in [0.5, 0.6) is 0 Å². The fraction of sp³-hybridized carbons (Fsp3) is 0. The van der Waals surface area contributed by atoms with Crippen LogP contribution in [0.15, 0.2) is 132 Å². The van der Waals surface area contributed by atoms with Gasteiger partial charge in [-0.1, -0.05) is 48.5 Å². The van der Waals surface area contributed by atoms with Gasteiger partial charge in [-0.05, 0) is 71.4 Å². The smallest absolute Gasteiger partial charge is 0.223 e. The van der Waals surface area contributed by atoms with Crippen LogP contribution in [-0.2, 0) is 9.84 Å². The van der Waals surface area contributed by atoms with Crippen molar-refractivity contribution in [3.8, 4) is 40.5 Å². The third-order valence-corrected chi connectivity index (χ3v) is 13.7. The zero-order chi connectivity index (χ0) is 29.0. The van der Waals surface area contributed by atoms with E-state index in [4.69, 9.17) is 4.98 Å². The maximum absolute atomic E-state index is 13.1. The summed E-state index contributed by atoms with van der Waals surface area (Å²) < 4.78 is 28.3. The maximum Gasteiger partial charge on any atom is 0.223 e. The van der Waals surface area contributed by atoms with Gasteiger partial charge in [0.15, 0.2) is 5.03 Å². The number of rotatable bonds is 6. The lowest BCUT2D eigenvalue weighted by Crippen LogP contribution is -2.03. The van der Waals surface area contributed by atoms with Crippen LogP contribution in [0.2, 0.25) is 0 Å². The van der Waals surface area contributed by atoms with Crippen molar-refractivity contribution in [3.63, 3.8) is 0 Å². The van der Waals surface area contributed by atoms with Crippen molar-refractivity contribution in [1.82, 2.24) is 9.97 Å². The van der Waals surface area contributed by atoms with E-state index in [0.29, 0.717) is 0 Å². The molecule has 0 aliphatic heterocycles. The number of thiophene rings is 4. The van der Waals surface area contributed by atoms with Crippen molar-refractivity contribution in [2.45, 2.75) is 9.92 Å². The largest absolute Gasteiger partial charge is 0.255 e. The van der Waals surface area contributed by atoms with Crippen LogP contribution in [0.25, 0.3) is 60.7 Å². The minimum Gasteiger partial charge on any atom is -0.255 e. The highest BCUT2D eigenvalue weighted by atomic mass is 32.2. The van der Waals surface area contributed by atoms with Crippen molar-refractivity contribution >= 4 is 75.4 Å². The number of hydrogen-bond acceptors (Lipinski definition) is 8. The number of hydrogen-bond donors (Lipinski definition) is 0. The first-order chi connectivity index (χ1) is 21.0. The lowest BCUT2D eigenvalue weighted by molar-refractivity contribution is 0.592. The Kier molecular flexibility index (Phi) is 6.58. The Hall–Kier alpha value is -3.99. The molecule has 4 nitrogen and oxygen atoms in total. The molecule has 0 fully saturated rings. The first kappa shape index (κ1) is 26.6. The van der Waals surface area contributed by atoms with Gasteiger partial charge in [0.25, 0.3) is 0 Å². The van der Waals surface area contributed by atoms with Crippen LogP contribution >= 0.6 is 45.3 Å². The van der Waals surface area contributed by atoms with E-state index in [1.54, 1.807) is 87.9 Å². The van der Waals surface area contributed by atoms with Gasteiger partial charge >= 0.3 is 0 Å². The molecule has 2 aromatic carbocycles. The summed E-state index contributed by atoms with van der Waals surface area (Å²) in [5.74, 6) is 0. The summed E-state index contributed by atoms with van der Waals surface area (Å²) in [4.78, 5) is 16.4. The molecule has 0 aliphatic rings. The number of benzene rings is 2. The van der Waals surface area contributed by atoms with Gasteiger partial charge < -0.3 is 0 Å². The molecular weight excluding hydrogens is 629 g/mol. The second-order valence-electron chi connectivity index (χ2n) is 9.90. The highest BCUT2D eigenvalue weighted by Gasteiger charge is 2.20. The Morgan fingerprint density at radius 3 is 1.60 bits per heavy atom. The van der Waals surface area contributed by atoms with Crippen molar-refractivity contribution in [1.29, 1.82) is 0 Å². The number of pyridine rings is 2. The first-order valence-electron chi connectivity index (χ1n) is 13.4. The molecule has 0 bridgehead atoms. The number of nitrogens with zero attached hydrogens (tertiary/aromatic N) is 2. The van der Waals surface area contributed by atoms with Crippen LogP contribution in [0.1, 0.15) is 0 Å². The van der Waals surface area contributed by atoms with E-state index < -0.39 is 9.84 Å². The van der Waals surface area contributed by atoms with E-state index in [9.17, 15) is 8.42 Å². The quantitative estimate of drug-likeness (QED) is 0.180. The molecule has 0 amide bonds. The molecular formula is C34H20N2O2S5. The summed E-state index contributed by atoms with van der Waals surface area (Å²) >= 11 is 6.95. The molecule has 0 unspecified atom stereocenters. The Labute approximate surface area is 264 Å². The standard InChI is InChI=1S/C34H20N2O2S5/c37-43(38,24-9-5-2-6-10-24)34-18-23-17-31(42-33(23)20-36-34)29-14-12-27(40-29)26-11-13-28(39-26)30-16-22-15-25(35-19-32(22)41-30)21-7-3-1-4-8-21/h1-20H. The van der Waals surface area contributed by atoms with E-state index in [1.807, 2.05) is 24.4 Å². The summed E-state index contributed by atoms with van der Waals surface area (Å²) in [7, 11) is -3.67. The van der Waals surface area contributed by atoms with Gasteiger partial charge in [-0.3, -0.25) is 4.98 Å². The summed E-state index contributed by atoms with van der Waals surface area (Å²) in [5.41, 5.74) is 2.11. The lowest BCUT2D eigenvalue weighted by Gasteiger charge is -2.03. The highest BCUT2D eigenvalue weighted by Crippen LogP contribution is 2.45. The topological polar surface area (TPSA) is 59.9 Å². The molecule has 0 atom stereocenters. The predicted molar refractivity (Wildman–Crippen MR) is 182 cm³/mol. The van der Waals surface area contributed by atoms with E-state index in [0.717, 1.165) is 31.1 Å². The maximum atomic E-state index is 13.1. The molecule has 6 heterocycles. The second kappa shape index (κ2) is 10.6. The highest BCUT2D eigenvalue weighted by molar-refractivity contribution is 7.91. The van der Waals surface area contributed by atoms with E-state index >= 15 is 0 Å². The lowest BCUT2D eigenvalue weighted by atomic mass is 10.1. The molecule has 43 heavy (non-hydrogen) atoms. The van der Waals surface area contributed by atoms with E-state index in [1.165, 1.54) is 29.6 Å². The third kappa shape index (κ3) is 4.93. The first-order valence-corrected chi connectivity index (χ1v) is 18.1. The number of fused-ring (bicyclic) bond motifs is 2. The molecule has 0 spiro atoms. The van der Waals surface area contributed by atoms with Crippen molar-refractivity contribution < 1.29 is 8.42 Å². The van der Waals surface area contributed by atoms with Crippen molar-refractivity contribution in [2.75, 3.05) is 0 Å². The van der Waals surface area contributed by atoms with Crippen LogP contribution in [0.3, 0.4) is 0 Å². The molecule has 9 heteroatoms.